The van der Waals surface area contributed by atoms with Crippen LogP contribution in [0, 0.1) is 11.3 Å². The zero-order valence-corrected chi connectivity index (χ0v) is 22.7. The average molecular weight is 552 g/mol. The number of carbonyl (C=O) groups excluding carboxylic acids is 3. The number of aryl methyl sites for hydroxylation is 1. The van der Waals surface area contributed by atoms with Crippen molar-refractivity contribution in [2.24, 2.45) is 11.3 Å². The quantitative estimate of drug-likeness (QED) is 0.228. The Morgan fingerprint density at radius 3 is 2.55 bits per heavy atom. The summed E-state index contributed by atoms with van der Waals surface area (Å²) in [5.41, 5.74) is -0.533. The summed E-state index contributed by atoms with van der Waals surface area (Å²) < 4.78 is 0. The average Bonchev–Trinajstić information content (AvgIpc) is 3.07. The molecular weight excluding hydrogens is 514 g/mol. The minimum absolute atomic E-state index is 0.239. The van der Waals surface area contributed by atoms with Gasteiger partial charge in [-0.1, -0.05) is 68.3 Å². The van der Waals surface area contributed by atoms with Gasteiger partial charge in [-0.2, -0.15) is 0 Å². The third-order valence-electron chi connectivity index (χ3n) is 8.19. The van der Waals surface area contributed by atoms with Gasteiger partial charge in [-0.25, -0.2) is 0 Å². The van der Waals surface area contributed by atoms with E-state index in [0.717, 1.165) is 24.8 Å². The number of imide groups is 1. The first-order chi connectivity index (χ1) is 19.2. The maximum atomic E-state index is 14.0. The Bertz CT molecular complexity index is 1210. The van der Waals surface area contributed by atoms with Gasteiger partial charge in [0, 0.05) is 6.54 Å². The first-order valence-corrected chi connectivity index (χ1v) is 14.0. The first kappa shape index (κ1) is 29.2. The van der Waals surface area contributed by atoms with Crippen LogP contribution in [0.1, 0.15) is 57.4 Å². The van der Waals surface area contributed by atoms with Gasteiger partial charge >= 0.3 is 11.9 Å². The van der Waals surface area contributed by atoms with Crippen LogP contribution in [0.15, 0.2) is 54.1 Å². The molecule has 1 aliphatic carbocycles. The van der Waals surface area contributed by atoms with Crippen molar-refractivity contribution in [3.05, 3.63) is 59.7 Å². The highest BCUT2D eigenvalue weighted by atomic mass is 16.4. The summed E-state index contributed by atoms with van der Waals surface area (Å²) in [6, 6.07) is 7.43. The van der Waals surface area contributed by atoms with Crippen molar-refractivity contribution >= 4 is 29.7 Å². The standard InChI is InChI=1S/C30H37N3O7/c1-2-3-12-24(20-14-15-21-25(34)32-28(38)30(21,18-20)29(39)40)33-17-8-7-11-22(26(33)35)31-23(27(36)37)16-13-19-9-5-4-6-10-19/h4-6,9-10,14-15,18,21-24,31H,2-3,7-8,11-13,16-17H2,1H3,(H,36,37)(H,39,40)(H,32,34,38). The molecule has 0 saturated carbocycles. The number of nitrogens with one attached hydrogen (secondary N) is 2. The van der Waals surface area contributed by atoms with E-state index in [1.54, 1.807) is 11.0 Å². The van der Waals surface area contributed by atoms with Gasteiger partial charge in [0.25, 0.3) is 0 Å². The number of nitrogens with zero attached hydrogens (tertiary/aromatic N) is 1. The van der Waals surface area contributed by atoms with Crippen LogP contribution >= 0.6 is 0 Å². The molecule has 2 heterocycles. The summed E-state index contributed by atoms with van der Waals surface area (Å²) in [7, 11) is 0. The molecule has 2 saturated heterocycles. The highest BCUT2D eigenvalue weighted by Crippen LogP contribution is 2.42. The summed E-state index contributed by atoms with van der Waals surface area (Å²) >= 11 is 0. The highest BCUT2D eigenvalue weighted by molar-refractivity contribution is 6.19. The summed E-state index contributed by atoms with van der Waals surface area (Å²) in [6.07, 6.45) is 9.36. The number of amides is 3. The maximum absolute atomic E-state index is 14.0. The van der Waals surface area contributed by atoms with E-state index in [-0.39, 0.29) is 5.91 Å². The lowest BCUT2D eigenvalue weighted by Crippen LogP contribution is -2.54. The highest BCUT2D eigenvalue weighted by Gasteiger charge is 2.60. The van der Waals surface area contributed by atoms with Crippen molar-refractivity contribution in [3.8, 4) is 0 Å². The molecule has 0 spiro atoms. The largest absolute Gasteiger partial charge is 0.480 e. The van der Waals surface area contributed by atoms with E-state index in [1.807, 2.05) is 37.3 Å². The molecule has 1 aromatic carbocycles. The fraction of sp³-hybridized carbons (Fsp3) is 0.500. The second-order valence-corrected chi connectivity index (χ2v) is 10.8. The van der Waals surface area contributed by atoms with Gasteiger partial charge in [-0.3, -0.25) is 34.6 Å². The predicted octanol–water partition coefficient (Wildman–Crippen LogP) is 2.44. The number of fused-ring (bicyclic) bond motifs is 1. The smallest absolute Gasteiger partial charge is 0.324 e. The monoisotopic (exact) mass is 551 g/mol. The van der Waals surface area contributed by atoms with Crippen LogP contribution in [0.2, 0.25) is 0 Å². The van der Waals surface area contributed by atoms with Crippen LogP contribution in [0.25, 0.3) is 0 Å². The number of carboxylic acids is 2. The number of aliphatic carboxylic acids is 2. The molecule has 10 heteroatoms. The molecule has 0 aromatic heterocycles. The summed E-state index contributed by atoms with van der Waals surface area (Å²) in [6.45, 7) is 2.44. The number of hydrogen-bond donors (Lipinski definition) is 4. The minimum Gasteiger partial charge on any atom is -0.480 e. The fourth-order valence-corrected chi connectivity index (χ4v) is 5.96. The molecule has 2 fully saturated rings. The fourth-order valence-electron chi connectivity index (χ4n) is 5.96. The number of rotatable bonds is 12. The molecule has 3 amide bonds. The van der Waals surface area contributed by atoms with Crippen LogP contribution in [-0.4, -0.2) is 69.4 Å². The second-order valence-electron chi connectivity index (χ2n) is 10.8. The normalized spacial score (nSPS) is 26.0. The molecule has 40 heavy (non-hydrogen) atoms. The lowest BCUT2D eigenvalue weighted by atomic mass is 9.71. The number of unbranched alkanes of at least 4 members (excludes halogenated alkanes) is 1. The number of likely N-dealkylation sites (tertiary alicyclic amines) is 1. The van der Waals surface area contributed by atoms with Crippen molar-refractivity contribution in [1.29, 1.82) is 0 Å². The van der Waals surface area contributed by atoms with E-state index in [4.69, 9.17) is 0 Å². The number of carboxylic acid groups (broad SMARTS) is 2. The van der Waals surface area contributed by atoms with Crippen LogP contribution in [0.5, 0.6) is 0 Å². The molecule has 5 unspecified atom stereocenters. The topological polar surface area (TPSA) is 153 Å². The molecule has 3 aliphatic rings. The maximum Gasteiger partial charge on any atom is 0.324 e. The van der Waals surface area contributed by atoms with E-state index in [1.165, 1.54) is 12.2 Å². The van der Waals surface area contributed by atoms with Gasteiger partial charge < -0.3 is 15.1 Å². The van der Waals surface area contributed by atoms with Gasteiger partial charge in [0.05, 0.1) is 18.0 Å². The molecule has 214 valence electrons. The Hall–Kier alpha value is -3.79. The molecule has 0 radical (unpaired) electrons. The molecule has 4 rings (SSSR count). The van der Waals surface area contributed by atoms with Crippen molar-refractivity contribution < 1.29 is 34.2 Å². The third kappa shape index (κ3) is 5.86. The SMILES string of the molecule is CCCCC(C1=CC2(C(=O)O)C(=O)NC(=O)C2C=C1)N1CCCCC(NC(CCc2ccccc2)C(=O)O)C1=O. The predicted molar refractivity (Wildman–Crippen MR) is 146 cm³/mol. The minimum atomic E-state index is -2.05. The lowest BCUT2D eigenvalue weighted by Gasteiger charge is -2.37. The summed E-state index contributed by atoms with van der Waals surface area (Å²) in [5, 5.41) is 25.2. The van der Waals surface area contributed by atoms with Gasteiger partial charge in [-0.15, -0.1) is 0 Å². The van der Waals surface area contributed by atoms with Crippen molar-refractivity contribution in [2.75, 3.05) is 6.54 Å². The van der Waals surface area contributed by atoms with Crippen molar-refractivity contribution in [2.45, 2.75) is 76.4 Å². The lowest BCUT2D eigenvalue weighted by molar-refractivity contribution is -0.152. The van der Waals surface area contributed by atoms with Gasteiger partial charge in [-0.05, 0) is 49.7 Å². The van der Waals surface area contributed by atoms with E-state index in [0.29, 0.717) is 44.2 Å². The first-order valence-electron chi connectivity index (χ1n) is 14.0. The van der Waals surface area contributed by atoms with E-state index >= 15 is 0 Å². The Labute approximate surface area is 233 Å². The number of carbonyl (C=O) groups is 5. The van der Waals surface area contributed by atoms with Gasteiger partial charge in [0.15, 0.2) is 5.41 Å². The number of hydrogen-bond acceptors (Lipinski definition) is 6. The van der Waals surface area contributed by atoms with Crippen molar-refractivity contribution in [3.63, 3.8) is 0 Å². The van der Waals surface area contributed by atoms with E-state index in [9.17, 15) is 34.2 Å². The summed E-state index contributed by atoms with van der Waals surface area (Å²) in [5.74, 6) is -5.36. The van der Waals surface area contributed by atoms with Crippen molar-refractivity contribution in [1.82, 2.24) is 15.5 Å². The Kier molecular flexibility index (Phi) is 9.19. The van der Waals surface area contributed by atoms with Gasteiger partial charge in [0.2, 0.25) is 17.7 Å². The van der Waals surface area contributed by atoms with E-state index < -0.39 is 53.2 Å². The molecule has 0 bridgehead atoms. The Morgan fingerprint density at radius 2 is 1.88 bits per heavy atom. The van der Waals surface area contributed by atoms with Gasteiger partial charge in [0.1, 0.15) is 6.04 Å². The summed E-state index contributed by atoms with van der Waals surface area (Å²) in [4.78, 5) is 65.2. The molecule has 10 nitrogen and oxygen atoms in total. The Balaban J connectivity index is 1.59. The molecule has 1 aromatic rings. The van der Waals surface area contributed by atoms with Crippen LogP contribution < -0.4 is 10.6 Å². The zero-order valence-electron chi connectivity index (χ0n) is 22.7. The van der Waals surface area contributed by atoms with Crippen LogP contribution in [0.4, 0.5) is 0 Å². The third-order valence-corrected chi connectivity index (χ3v) is 8.19. The molecule has 2 aliphatic heterocycles. The molecular formula is C30H37N3O7. The van der Waals surface area contributed by atoms with Crippen LogP contribution in [0.3, 0.4) is 0 Å². The zero-order chi connectivity index (χ0) is 28.9. The molecule has 5 atom stereocenters. The van der Waals surface area contributed by atoms with Crippen LogP contribution in [-0.2, 0) is 30.4 Å². The second kappa shape index (κ2) is 12.6. The Morgan fingerprint density at radius 1 is 1.12 bits per heavy atom. The van der Waals surface area contributed by atoms with E-state index in [2.05, 4.69) is 10.6 Å². The molecule has 4 N–H and O–H groups in total. The number of benzene rings is 1.